The van der Waals surface area contributed by atoms with Gasteiger partial charge in [-0.15, -0.1) is 0 Å². The minimum absolute atomic E-state index is 0.0375. The van der Waals surface area contributed by atoms with Crippen LogP contribution in [0.5, 0.6) is 0 Å². The summed E-state index contributed by atoms with van der Waals surface area (Å²) < 4.78 is 0. The van der Waals surface area contributed by atoms with E-state index in [1.807, 2.05) is 24.3 Å². The zero-order valence-corrected chi connectivity index (χ0v) is 17.7. The Morgan fingerprint density at radius 2 is 1.72 bits per heavy atom. The number of hydrogen-bond acceptors (Lipinski definition) is 5. The van der Waals surface area contributed by atoms with E-state index < -0.39 is 17.7 Å². The summed E-state index contributed by atoms with van der Waals surface area (Å²) in [7, 11) is 0. The Morgan fingerprint density at radius 1 is 1.10 bits per heavy atom. The molecule has 0 bridgehead atoms. The summed E-state index contributed by atoms with van der Waals surface area (Å²) in [6.45, 7) is 6.02. The second-order valence-electron chi connectivity index (χ2n) is 6.39. The third-order valence-electron chi connectivity index (χ3n) is 4.64. The molecular weight excluding hydrogens is 408 g/mol. The molecule has 2 aromatic carbocycles. The number of anilines is 2. The predicted octanol–water partition coefficient (Wildman–Crippen LogP) is 3.95. The molecule has 3 rings (SSSR count). The fourth-order valence-corrected chi connectivity index (χ4v) is 3.48. The number of carbonyl (C=O) groups excluding carboxylic acids is 2. The lowest BCUT2D eigenvalue weighted by Crippen LogP contribution is -2.58. The summed E-state index contributed by atoms with van der Waals surface area (Å²) >= 11 is 11.1. The van der Waals surface area contributed by atoms with Crippen molar-refractivity contribution in [2.75, 3.05) is 22.9 Å². The van der Waals surface area contributed by atoms with Crippen molar-refractivity contribution in [1.82, 2.24) is 5.32 Å². The van der Waals surface area contributed by atoms with Crippen molar-refractivity contribution in [3.05, 3.63) is 53.6 Å². The van der Waals surface area contributed by atoms with E-state index in [0.29, 0.717) is 16.4 Å². The van der Waals surface area contributed by atoms with E-state index in [2.05, 4.69) is 29.1 Å². The highest BCUT2D eigenvalue weighted by Gasteiger charge is 2.38. The maximum absolute atomic E-state index is 12.9. The maximum atomic E-state index is 12.9. The standard InChI is InChI=1S/C21H21ClN4O2S/c1-3-25(4-2)16-11-7-15(8-12-16)23-13-18-19(27)24-21(29)26(20(18)28)17-9-5-14(22)6-10-17/h5-13,18H,3-4H2,1-2H3,(H,24,27,29)/t18-/m0/s1. The van der Waals surface area contributed by atoms with Crippen LogP contribution in [0.2, 0.25) is 5.02 Å². The SMILES string of the molecule is CCN(CC)c1ccc(N=C[C@H]2C(=O)NC(=S)N(c3ccc(Cl)cc3)C2=O)cc1. The highest BCUT2D eigenvalue weighted by molar-refractivity contribution is 7.80. The van der Waals surface area contributed by atoms with Crippen LogP contribution in [-0.4, -0.2) is 36.2 Å². The van der Waals surface area contributed by atoms with E-state index in [-0.39, 0.29) is 5.11 Å². The second-order valence-corrected chi connectivity index (χ2v) is 7.21. The van der Waals surface area contributed by atoms with Crippen LogP contribution in [0.1, 0.15) is 13.8 Å². The Kier molecular flexibility index (Phi) is 6.61. The quantitative estimate of drug-likeness (QED) is 0.430. The summed E-state index contributed by atoms with van der Waals surface area (Å²) in [6, 6.07) is 14.3. The molecule has 1 atom stereocenters. The van der Waals surface area contributed by atoms with Crippen molar-refractivity contribution in [3.63, 3.8) is 0 Å². The molecule has 0 saturated carbocycles. The number of halogens is 1. The molecule has 2 aromatic rings. The number of amides is 2. The van der Waals surface area contributed by atoms with Gasteiger partial charge in [0.2, 0.25) is 5.91 Å². The van der Waals surface area contributed by atoms with E-state index in [4.69, 9.17) is 23.8 Å². The lowest BCUT2D eigenvalue weighted by Gasteiger charge is -2.30. The molecule has 1 N–H and O–H groups in total. The van der Waals surface area contributed by atoms with Gasteiger partial charge in [0.1, 0.15) is 0 Å². The summed E-state index contributed by atoms with van der Waals surface area (Å²) in [6.07, 6.45) is 1.36. The Labute approximate surface area is 180 Å². The first kappa shape index (κ1) is 21.0. The number of benzene rings is 2. The van der Waals surface area contributed by atoms with Crippen molar-refractivity contribution in [2.45, 2.75) is 13.8 Å². The molecule has 1 aliphatic rings. The van der Waals surface area contributed by atoms with Gasteiger partial charge in [0.25, 0.3) is 5.91 Å². The Morgan fingerprint density at radius 3 is 2.31 bits per heavy atom. The maximum Gasteiger partial charge on any atom is 0.251 e. The Hall–Kier alpha value is -2.77. The average Bonchev–Trinajstić information content (AvgIpc) is 2.71. The lowest BCUT2D eigenvalue weighted by molar-refractivity contribution is -0.130. The van der Waals surface area contributed by atoms with Crippen molar-refractivity contribution in [3.8, 4) is 0 Å². The predicted molar refractivity (Wildman–Crippen MR) is 121 cm³/mol. The van der Waals surface area contributed by atoms with Crippen LogP contribution in [0.15, 0.2) is 53.5 Å². The van der Waals surface area contributed by atoms with Crippen molar-refractivity contribution in [2.24, 2.45) is 10.9 Å². The van der Waals surface area contributed by atoms with Gasteiger partial charge in [0.15, 0.2) is 11.0 Å². The summed E-state index contributed by atoms with van der Waals surface area (Å²) in [5.41, 5.74) is 2.29. The highest BCUT2D eigenvalue weighted by Crippen LogP contribution is 2.24. The monoisotopic (exact) mass is 428 g/mol. The average molecular weight is 429 g/mol. The van der Waals surface area contributed by atoms with E-state index in [1.165, 1.54) is 11.1 Å². The third-order valence-corrected chi connectivity index (χ3v) is 5.17. The van der Waals surface area contributed by atoms with Crippen molar-refractivity contribution in [1.29, 1.82) is 0 Å². The van der Waals surface area contributed by atoms with Crippen LogP contribution in [0, 0.1) is 5.92 Å². The number of nitrogens with zero attached hydrogens (tertiary/aromatic N) is 3. The minimum atomic E-state index is -1.07. The van der Waals surface area contributed by atoms with E-state index in [0.717, 1.165) is 18.8 Å². The van der Waals surface area contributed by atoms with Crippen molar-refractivity contribution >= 4 is 64.0 Å². The fraction of sp³-hybridized carbons (Fsp3) is 0.238. The van der Waals surface area contributed by atoms with Gasteiger partial charge < -0.3 is 10.2 Å². The number of aliphatic imine (C=N–C) groups is 1. The number of rotatable bonds is 6. The fourth-order valence-electron chi connectivity index (χ4n) is 3.06. The van der Waals surface area contributed by atoms with E-state index in [1.54, 1.807) is 24.3 Å². The largest absolute Gasteiger partial charge is 0.372 e. The van der Waals surface area contributed by atoms with Gasteiger partial charge >= 0.3 is 0 Å². The molecule has 1 fully saturated rings. The summed E-state index contributed by atoms with van der Waals surface area (Å²) in [5, 5.41) is 3.14. The van der Waals surface area contributed by atoms with Gasteiger partial charge in [-0.05, 0) is 74.6 Å². The van der Waals surface area contributed by atoms with Gasteiger partial charge in [0.05, 0.1) is 11.4 Å². The topological polar surface area (TPSA) is 65.0 Å². The summed E-state index contributed by atoms with van der Waals surface area (Å²) in [4.78, 5) is 33.1. The molecule has 1 heterocycles. The van der Waals surface area contributed by atoms with Gasteiger partial charge in [-0.25, -0.2) is 0 Å². The number of hydrogen-bond donors (Lipinski definition) is 1. The van der Waals surface area contributed by atoms with Gasteiger partial charge in [-0.2, -0.15) is 0 Å². The number of nitrogens with one attached hydrogen (secondary N) is 1. The first-order valence-electron chi connectivity index (χ1n) is 9.28. The van der Waals surface area contributed by atoms with E-state index >= 15 is 0 Å². The molecule has 8 heteroatoms. The Balaban J connectivity index is 1.80. The molecule has 0 radical (unpaired) electrons. The molecule has 0 aromatic heterocycles. The molecule has 0 aliphatic carbocycles. The number of carbonyl (C=O) groups is 2. The van der Waals surface area contributed by atoms with Gasteiger partial charge in [-0.1, -0.05) is 11.6 Å². The van der Waals surface area contributed by atoms with Crippen LogP contribution < -0.4 is 15.1 Å². The van der Waals surface area contributed by atoms with Gasteiger partial charge in [0, 0.05) is 30.0 Å². The molecule has 1 aliphatic heterocycles. The normalized spacial score (nSPS) is 17.0. The van der Waals surface area contributed by atoms with Crippen molar-refractivity contribution < 1.29 is 9.59 Å². The molecule has 150 valence electrons. The van der Waals surface area contributed by atoms with Crippen LogP contribution in [0.3, 0.4) is 0 Å². The smallest absolute Gasteiger partial charge is 0.251 e. The van der Waals surface area contributed by atoms with E-state index in [9.17, 15) is 9.59 Å². The van der Waals surface area contributed by atoms with Crippen LogP contribution >= 0.6 is 23.8 Å². The Bertz CT molecular complexity index is 940. The molecule has 29 heavy (non-hydrogen) atoms. The molecular formula is C21H21ClN4O2S. The molecule has 0 unspecified atom stereocenters. The molecule has 0 spiro atoms. The van der Waals surface area contributed by atoms with Gasteiger partial charge in [-0.3, -0.25) is 19.5 Å². The number of thiocarbonyl (C=S) groups is 1. The highest BCUT2D eigenvalue weighted by atomic mass is 35.5. The first-order chi connectivity index (χ1) is 13.9. The van der Waals surface area contributed by atoms with Crippen LogP contribution in [-0.2, 0) is 9.59 Å². The van der Waals surface area contributed by atoms with Crippen LogP contribution in [0.25, 0.3) is 0 Å². The minimum Gasteiger partial charge on any atom is -0.372 e. The zero-order chi connectivity index (χ0) is 21.0. The first-order valence-corrected chi connectivity index (χ1v) is 10.1. The molecule has 6 nitrogen and oxygen atoms in total. The zero-order valence-electron chi connectivity index (χ0n) is 16.1. The third kappa shape index (κ3) is 4.63. The summed E-state index contributed by atoms with van der Waals surface area (Å²) in [5.74, 6) is -2.02. The molecule has 1 saturated heterocycles. The van der Waals surface area contributed by atoms with Crippen LogP contribution in [0.4, 0.5) is 17.1 Å². The second kappa shape index (κ2) is 9.15. The lowest BCUT2D eigenvalue weighted by atomic mass is 10.1. The molecule has 2 amide bonds.